The summed E-state index contributed by atoms with van der Waals surface area (Å²) in [6, 6.07) is 12.7. The molecular formula is C23H22FN5O3S. The third-order valence-electron chi connectivity index (χ3n) is 5.71. The van der Waals surface area contributed by atoms with Gasteiger partial charge < -0.3 is 9.88 Å². The Hall–Kier alpha value is -3.55. The maximum absolute atomic E-state index is 14.4. The second-order valence-corrected chi connectivity index (χ2v) is 9.67. The number of piperidine rings is 1. The molecule has 170 valence electrons. The van der Waals surface area contributed by atoms with Crippen LogP contribution in [0.1, 0.15) is 24.0 Å². The van der Waals surface area contributed by atoms with Crippen LogP contribution < -0.4 is 5.32 Å². The summed E-state index contributed by atoms with van der Waals surface area (Å²) in [5.74, 6) is -0.947. The van der Waals surface area contributed by atoms with Gasteiger partial charge in [0.25, 0.3) is 0 Å². The van der Waals surface area contributed by atoms with Gasteiger partial charge in [-0.1, -0.05) is 18.2 Å². The summed E-state index contributed by atoms with van der Waals surface area (Å²) in [6.45, 7) is 0.552. The molecule has 1 aliphatic rings. The number of nitrogens with one attached hydrogen (secondary N) is 1. The third kappa shape index (κ3) is 4.79. The Morgan fingerprint density at radius 1 is 1.21 bits per heavy atom. The van der Waals surface area contributed by atoms with E-state index in [1.807, 2.05) is 6.07 Å². The molecule has 0 spiro atoms. The zero-order valence-corrected chi connectivity index (χ0v) is 18.5. The molecule has 1 fully saturated rings. The van der Waals surface area contributed by atoms with Gasteiger partial charge >= 0.3 is 0 Å². The molecule has 4 rings (SSSR count). The average Bonchev–Trinajstić information content (AvgIpc) is 3.37. The normalized spacial score (nSPS) is 15.2. The number of imidazole rings is 1. The molecule has 0 saturated carbocycles. The highest BCUT2D eigenvalue weighted by molar-refractivity contribution is 7.89. The number of hydrogen-bond donors (Lipinski definition) is 1. The second-order valence-electron chi connectivity index (χ2n) is 7.76. The lowest BCUT2D eigenvalue weighted by Crippen LogP contribution is -2.43. The van der Waals surface area contributed by atoms with Crippen molar-refractivity contribution in [3.05, 3.63) is 78.1 Å². The largest absolute Gasteiger partial charge is 0.352 e. The Bertz CT molecular complexity index is 1290. The molecule has 1 amide bonds. The highest BCUT2D eigenvalue weighted by Crippen LogP contribution is 2.26. The first-order chi connectivity index (χ1) is 15.9. The lowest BCUT2D eigenvalue weighted by Gasteiger charge is -2.30. The number of hydrogen-bond acceptors (Lipinski definition) is 5. The number of amides is 1. The standard InChI is InChI=1S/C23H22FN5O3S/c24-20-13-17(5-6-21(20)28-12-9-26-16-28)15-27-23(30)18-7-10-29(11-8-18)33(31,32)22-4-2-1-3-19(22)14-25/h1-6,9,12-13,16,18H,7-8,10-11,15H2,(H,27,30). The van der Waals surface area contributed by atoms with Crippen molar-refractivity contribution in [2.45, 2.75) is 24.3 Å². The third-order valence-corrected chi connectivity index (χ3v) is 7.67. The monoisotopic (exact) mass is 467 g/mol. The highest BCUT2D eigenvalue weighted by Gasteiger charge is 2.33. The van der Waals surface area contributed by atoms with E-state index >= 15 is 0 Å². The second kappa shape index (κ2) is 9.52. The highest BCUT2D eigenvalue weighted by atomic mass is 32.2. The van der Waals surface area contributed by atoms with Crippen LogP contribution in [0.5, 0.6) is 0 Å². The number of sulfonamides is 1. The molecule has 0 bridgehead atoms. The zero-order chi connectivity index (χ0) is 23.4. The molecule has 1 aliphatic heterocycles. The number of carbonyl (C=O) groups excluding carboxylic acids is 1. The van der Waals surface area contributed by atoms with E-state index in [0.29, 0.717) is 24.1 Å². The van der Waals surface area contributed by atoms with E-state index in [1.54, 1.807) is 41.2 Å². The van der Waals surface area contributed by atoms with Crippen LogP contribution in [0.3, 0.4) is 0 Å². The number of nitrogens with zero attached hydrogens (tertiary/aromatic N) is 4. The van der Waals surface area contributed by atoms with Crippen LogP contribution in [0, 0.1) is 23.1 Å². The summed E-state index contributed by atoms with van der Waals surface area (Å²) in [5.41, 5.74) is 1.09. The van der Waals surface area contributed by atoms with Gasteiger partial charge in [0.2, 0.25) is 15.9 Å². The Labute approximate surface area is 191 Å². The average molecular weight is 468 g/mol. The molecule has 0 atom stereocenters. The number of aromatic nitrogens is 2. The molecule has 0 radical (unpaired) electrons. The van der Waals surface area contributed by atoms with E-state index in [9.17, 15) is 22.9 Å². The van der Waals surface area contributed by atoms with Crippen LogP contribution in [0.15, 0.2) is 66.1 Å². The summed E-state index contributed by atoms with van der Waals surface area (Å²) in [6.07, 6.45) is 5.45. The Balaban J connectivity index is 1.33. The van der Waals surface area contributed by atoms with E-state index in [-0.39, 0.29) is 41.9 Å². The quantitative estimate of drug-likeness (QED) is 0.600. The SMILES string of the molecule is N#Cc1ccccc1S(=O)(=O)N1CCC(C(=O)NCc2ccc(-n3ccnc3)c(F)c2)CC1. The molecule has 0 aliphatic carbocycles. The van der Waals surface area contributed by atoms with E-state index in [2.05, 4.69) is 10.3 Å². The Morgan fingerprint density at radius 3 is 2.64 bits per heavy atom. The zero-order valence-electron chi connectivity index (χ0n) is 17.7. The lowest BCUT2D eigenvalue weighted by molar-refractivity contribution is -0.126. The van der Waals surface area contributed by atoms with Gasteiger partial charge in [0, 0.05) is 37.9 Å². The molecule has 0 unspecified atom stereocenters. The Kier molecular flexibility index (Phi) is 6.53. The van der Waals surface area contributed by atoms with Crippen molar-refractivity contribution < 1.29 is 17.6 Å². The summed E-state index contributed by atoms with van der Waals surface area (Å²) >= 11 is 0. The molecule has 1 N–H and O–H groups in total. The van der Waals surface area contributed by atoms with Gasteiger partial charge in [0.05, 0.1) is 22.5 Å². The summed E-state index contributed by atoms with van der Waals surface area (Å²) in [4.78, 5) is 16.5. The van der Waals surface area contributed by atoms with Crippen LogP contribution in [-0.2, 0) is 21.4 Å². The first kappa shape index (κ1) is 22.6. The number of carbonyl (C=O) groups is 1. The number of rotatable bonds is 6. The van der Waals surface area contributed by atoms with Crippen LogP contribution in [-0.4, -0.2) is 41.3 Å². The van der Waals surface area contributed by atoms with E-state index in [0.717, 1.165) is 0 Å². The van der Waals surface area contributed by atoms with Gasteiger partial charge in [-0.2, -0.15) is 9.57 Å². The molecule has 8 nitrogen and oxygen atoms in total. The van der Waals surface area contributed by atoms with E-state index in [4.69, 9.17) is 0 Å². The van der Waals surface area contributed by atoms with Gasteiger partial charge in [-0.15, -0.1) is 0 Å². The van der Waals surface area contributed by atoms with Crippen LogP contribution >= 0.6 is 0 Å². The molecule has 1 aromatic heterocycles. The first-order valence-electron chi connectivity index (χ1n) is 10.4. The van der Waals surface area contributed by atoms with Crippen molar-refractivity contribution in [1.82, 2.24) is 19.2 Å². The van der Waals surface area contributed by atoms with Crippen molar-refractivity contribution in [2.24, 2.45) is 5.92 Å². The predicted octanol–water partition coefficient (Wildman–Crippen LogP) is 2.60. The summed E-state index contributed by atoms with van der Waals surface area (Å²) < 4.78 is 43.1. The number of nitriles is 1. The summed E-state index contributed by atoms with van der Waals surface area (Å²) in [7, 11) is -3.81. The molecular weight excluding hydrogens is 445 g/mol. The van der Waals surface area contributed by atoms with Crippen LogP contribution in [0.4, 0.5) is 4.39 Å². The summed E-state index contributed by atoms with van der Waals surface area (Å²) in [5, 5.41) is 12.0. The van der Waals surface area contributed by atoms with Crippen molar-refractivity contribution in [2.75, 3.05) is 13.1 Å². The van der Waals surface area contributed by atoms with Crippen molar-refractivity contribution >= 4 is 15.9 Å². The molecule has 1 saturated heterocycles. The van der Waals surface area contributed by atoms with Crippen LogP contribution in [0.25, 0.3) is 5.69 Å². The molecule has 2 aromatic carbocycles. The minimum Gasteiger partial charge on any atom is -0.352 e. The van der Waals surface area contributed by atoms with Crippen molar-refractivity contribution in [3.8, 4) is 11.8 Å². The van der Waals surface area contributed by atoms with E-state index in [1.165, 1.54) is 28.8 Å². The molecule has 10 heteroatoms. The van der Waals surface area contributed by atoms with Gasteiger partial charge in [0.1, 0.15) is 11.9 Å². The minimum absolute atomic E-state index is 0.0171. The fourth-order valence-corrected chi connectivity index (χ4v) is 5.50. The molecule has 2 heterocycles. The first-order valence-corrected chi connectivity index (χ1v) is 11.9. The van der Waals surface area contributed by atoms with Gasteiger partial charge in [-0.05, 0) is 42.7 Å². The van der Waals surface area contributed by atoms with Gasteiger partial charge in [-0.3, -0.25) is 4.79 Å². The minimum atomic E-state index is -3.81. The smallest absolute Gasteiger partial charge is 0.244 e. The molecule has 33 heavy (non-hydrogen) atoms. The number of benzene rings is 2. The van der Waals surface area contributed by atoms with E-state index < -0.39 is 15.8 Å². The number of halogens is 1. The Morgan fingerprint density at radius 2 is 1.97 bits per heavy atom. The maximum Gasteiger partial charge on any atom is 0.244 e. The topological polar surface area (TPSA) is 108 Å². The lowest BCUT2D eigenvalue weighted by atomic mass is 9.97. The van der Waals surface area contributed by atoms with Crippen molar-refractivity contribution in [3.63, 3.8) is 0 Å². The van der Waals surface area contributed by atoms with Gasteiger partial charge in [0.15, 0.2) is 0 Å². The molecule has 3 aromatic rings. The fourth-order valence-electron chi connectivity index (χ4n) is 3.89. The van der Waals surface area contributed by atoms with Gasteiger partial charge in [-0.25, -0.2) is 17.8 Å². The predicted molar refractivity (Wildman–Crippen MR) is 118 cm³/mol. The fraction of sp³-hybridized carbons (Fsp3) is 0.261. The maximum atomic E-state index is 14.4. The van der Waals surface area contributed by atoms with Crippen molar-refractivity contribution in [1.29, 1.82) is 5.26 Å². The van der Waals surface area contributed by atoms with Crippen LogP contribution in [0.2, 0.25) is 0 Å².